The second kappa shape index (κ2) is 8.13. The van der Waals surface area contributed by atoms with E-state index in [-0.39, 0.29) is 13.2 Å². The Morgan fingerprint density at radius 2 is 2.12 bits per heavy atom. The second-order valence-electron chi connectivity index (χ2n) is 2.85. The highest BCUT2D eigenvalue weighted by Gasteiger charge is 2.10. The Morgan fingerprint density at radius 1 is 1.47 bits per heavy atom. The molecule has 9 heteroatoms. The molecule has 0 radical (unpaired) electrons. The summed E-state index contributed by atoms with van der Waals surface area (Å²) >= 11 is 0. The maximum Gasteiger partial charge on any atom is 0.511 e. The molecule has 0 rings (SSSR count). The molecule has 9 nitrogen and oxygen atoms in total. The van der Waals surface area contributed by atoms with E-state index in [0.29, 0.717) is 0 Å². The van der Waals surface area contributed by atoms with Crippen LogP contribution >= 0.6 is 0 Å². The van der Waals surface area contributed by atoms with Crippen LogP contribution in [0.3, 0.4) is 0 Å². The molecule has 0 fully saturated rings. The highest BCUT2D eigenvalue weighted by molar-refractivity contribution is 5.68. The first-order chi connectivity index (χ1) is 7.95. The predicted octanol–water partition coefficient (Wildman–Crippen LogP) is 0.821. The molecule has 0 saturated carbocycles. The van der Waals surface area contributed by atoms with E-state index >= 15 is 0 Å². The van der Waals surface area contributed by atoms with E-state index in [4.69, 9.17) is 5.11 Å². The molecule has 1 unspecified atom stereocenters. The fraction of sp³-hybridized carbons (Fsp3) is 0.750. The molecule has 1 N–H and O–H groups in total. The van der Waals surface area contributed by atoms with Gasteiger partial charge in [0.05, 0.1) is 6.61 Å². The summed E-state index contributed by atoms with van der Waals surface area (Å²) in [7, 11) is 1.40. The van der Waals surface area contributed by atoms with Crippen LogP contribution in [0.4, 0.5) is 4.79 Å². The number of carbonyl (C=O) groups excluding carboxylic acids is 1. The van der Waals surface area contributed by atoms with E-state index in [1.807, 2.05) is 0 Å². The number of hydrogen-bond acceptors (Lipinski definition) is 7. The number of likely N-dealkylation sites (N-methyl/N-ethyl adjacent to an activating group) is 1. The van der Waals surface area contributed by atoms with Crippen molar-refractivity contribution in [2.24, 2.45) is 10.5 Å². The van der Waals surface area contributed by atoms with Crippen LogP contribution in [0.1, 0.15) is 13.8 Å². The van der Waals surface area contributed by atoms with E-state index in [9.17, 15) is 9.59 Å². The smallest absolute Gasteiger partial charge is 0.480 e. The zero-order valence-electron chi connectivity index (χ0n) is 9.82. The molecule has 0 amide bonds. The van der Waals surface area contributed by atoms with Crippen molar-refractivity contribution in [2.75, 3.05) is 20.2 Å². The zero-order chi connectivity index (χ0) is 13.3. The first-order valence-corrected chi connectivity index (χ1v) is 4.78. The summed E-state index contributed by atoms with van der Waals surface area (Å²) < 4.78 is 9.07. The molecule has 0 aromatic carbocycles. The average Bonchev–Trinajstić information content (AvgIpc) is 2.16. The average molecular weight is 249 g/mol. The van der Waals surface area contributed by atoms with E-state index in [2.05, 4.69) is 24.8 Å². The Kier molecular flexibility index (Phi) is 7.15. The van der Waals surface area contributed by atoms with Crippen molar-refractivity contribution >= 4 is 12.1 Å². The van der Waals surface area contributed by atoms with Crippen LogP contribution in [-0.4, -0.2) is 48.7 Å². The minimum Gasteiger partial charge on any atom is -0.480 e. The molecule has 0 aliphatic rings. The van der Waals surface area contributed by atoms with Gasteiger partial charge in [-0.15, -0.1) is 0 Å². The molecule has 0 heterocycles. The van der Waals surface area contributed by atoms with Gasteiger partial charge in [0.15, 0.2) is 0 Å². The Labute approximate surface area is 97.9 Å². The van der Waals surface area contributed by atoms with Crippen molar-refractivity contribution in [3.63, 3.8) is 0 Å². The number of nitrogens with zero attached hydrogens (tertiary/aromatic N) is 3. The molecule has 0 aromatic rings. The van der Waals surface area contributed by atoms with Crippen LogP contribution in [0.2, 0.25) is 0 Å². The third kappa shape index (κ3) is 8.90. The summed E-state index contributed by atoms with van der Waals surface area (Å²) in [5.41, 5.74) is 0. The number of ether oxygens (including phenoxy) is 2. The number of rotatable bonds is 7. The zero-order valence-corrected chi connectivity index (χ0v) is 9.82. The van der Waals surface area contributed by atoms with Crippen molar-refractivity contribution < 1.29 is 29.0 Å². The van der Waals surface area contributed by atoms with Gasteiger partial charge in [0.1, 0.15) is 6.54 Å². The topological polar surface area (TPSA) is 110 Å². The van der Waals surface area contributed by atoms with E-state index in [1.54, 1.807) is 6.92 Å². The Hall–Kier alpha value is -2.06. The van der Waals surface area contributed by atoms with Crippen LogP contribution in [0, 0.1) is 0 Å². The molecule has 98 valence electrons. The molecule has 0 aliphatic heterocycles. The molecule has 1 atom stereocenters. The van der Waals surface area contributed by atoms with Crippen LogP contribution in [-0.2, 0) is 19.1 Å². The number of hydrogen-bond donors (Lipinski definition) is 1. The van der Waals surface area contributed by atoms with Crippen LogP contribution in [0.5, 0.6) is 0 Å². The van der Waals surface area contributed by atoms with Gasteiger partial charge in [-0.2, -0.15) is 0 Å². The Balaban J connectivity index is 3.82. The number of aliphatic carboxylic acids is 1. The van der Waals surface area contributed by atoms with E-state index in [0.717, 1.165) is 5.01 Å². The highest BCUT2D eigenvalue weighted by Crippen LogP contribution is 1.98. The molecule has 0 saturated heterocycles. The molecule has 0 aliphatic carbocycles. The van der Waals surface area contributed by atoms with Crippen LogP contribution < -0.4 is 0 Å². The third-order valence-electron chi connectivity index (χ3n) is 1.27. The van der Waals surface area contributed by atoms with Gasteiger partial charge in [-0.3, -0.25) is 9.80 Å². The lowest BCUT2D eigenvalue weighted by Crippen LogP contribution is -2.20. The van der Waals surface area contributed by atoms with Gasteiger partial charge in [-0.25, -0.2) is 4.79 Å². The van der Waals surface area contributed by atoms with E-state index in [1.165, 1.54) is 14.0 Å². The van der Waals surface area contributed by atoms with Crippen LogP contribution in [0.25, 0.3) is 0 Å². The van der Waals surface area contributed by atoms with Crippen molar-refractivity contribution in [1.82, 2.24) is 5.01 Å². The Bertz CT molecular complexity index is 282. The predicted molar refractivity (Wildman–Crippen MR) is 53.8 cm³/mol. The molecule has 0 aromatic heterocycles. The quantitative estimate of drug-likeness (QED) is 0.308. The summed E-state index contributed by atoms with van der Waals surface area (Å²) in [6.07, 6.45) is -1.86. The minimum atomic E-state index is -1.05. The van der Waals surface area contributed by atoms with Crippen LogP contribution in [0.15, 0.2) is 10.5 Å². The van der Waals surface area contributed by atoms with Gasteiger partial charge in [0, 0.05) is 19.2 Å². The molecular weight excluding hydrogens is 234 g/mol. The number of carboxylic acid groups (broad SMARTS) is 1. The minimum absolute atomic E-state index is 0.189. The summed E-state index contributed by atoms with van der Waals surface area (Å²) in [5.74, 6) is -1.05. The monoisotopic (exact) mass is 249 g/mol. The molecule has 0 spiro atoms. The maximum atomic E-state index is 10.8. The van der Waals surface area contributed by atoms with Crippen molar-refractivity contribution in [3.8, 4) is 0 Å². The largest absolute Gasteiger partial charge is 0.511 e. The van der Waals surface area contributed by atoms with Gasteiger partial charge in [0.2, 0.25) is 0 Å². The lowest BCUT2D eigenvalue weighted by Gasteiger charge is -2.10. The third-order valence-corrected chi connectivity index (χ3v) is 1.27. The first kappa shape index (κ1) is 14.9. The lowest BCUT2D eigenvalue weighted by molar-refractivity contribution is -0.138. The second-order valence-corrected chi connectivity index (χ2v) is 2.85. The number of carbonyl (C=O) groups is 2. The molecule has 17 heavy (non-hydrogen) atoms. The molecule has 0 bridgehead atoms. The highest BCUT2D eigenvalue weighted by atomic mass is 16.8. The van der Waals surface area contributed by atoms with Gasteiger partial charge in [0.25, 0.3) is 6.29 Å². The van der Waals surface area contributed by atoms with Gasteiger partial charge in [-0.05, 0) is 12.1 Å². The summed E-state index contributed by atoms with van der Waals surface area (Å²) in [6.45, 7) is 2.91. The first-order valence-electron chi connectivity index (χ1n) is 4.78. The normalized spacial score (nSPS) is 11.9. The Morgan fingerprint density at radius 3 is 2.65 bits per heavy atom. The van der Waals surface area contributed by atoms with Crippen molar-refractivity contribution in [3.05, 3.63) is 0 Å². The summed E-state index contributed by atoms with van der Waals surface area (Å²) in [6, 6.07) is 0. The SMILES string of the molecule is CCOC(=O)OC(C)O/N=N\N(C)CC(=O)O. The summed E-state index contributed by atoms with van der Waals surface area (Å²) in [5, 5.41) is 16.0. The van der Waals surface area contributed by atoms with Gasteiger partial charge in [-0.1, -0.05) is 0 Å². The molecular formula is C8H15N3O6. The fourth-order valence-electron chi connectivity index (χ4n) is 0.686. The lowest BCUT2D eigenvalue weighted by atomic mass is 10.7. The maximum absolute atomic E-state index is 10.8. The van der Waals surface area contributed by atoms with Crippen molar-refractivity contribution in [2.45, 2.75) is 20.1 Å². The standard InChI is InChI=1S/C8H15N3O6/c1-4-15-8(14)16-6(2)17-10-9-11(3)5-7(12)13/h6H,4-5H2,1-3H3,(H,12,13)/b10-9-. The van der Waals surface area contributed by atoms with Crippen molar-refractivity contribution in [1.29, 1.82) is 0 Å². The summed E-state index contributed by atoms with van der Waals surface area (Å²) in [4.78, 5) is 25.7. The number of carboxylic acids is 1. The fourth-order valence-corrected chi connectivity index (χ4v) is 0.686. The van der Waals surface area contributed by atoms with Gasteiger partial charge < -0.3 is 19.4 Å². The van der Waals surface area contributed by atoms with E-state index < -0.39 is 18.4 Å². The van der Waals surface area contributed by atoms with Gasteiger partial charge >= 0.3 is 12.1 Å².